The summed E-state index contributed by atoms with van der Waals surface area (Å²) in [6, 6.07) is 0.530. The maximum absolute atomic E-state index is 3.43. The van der Waals surface area contributed by atoms with Gasteiger partial charge in [-0.2, -0.15) is 0 Å². The maximum Gasteiger partial charge on any atom is 0.0510 e. The average Bonchev–Trinajstić information content (AvgIpc) is 2.18. The quantitative estimate of drug-likeness (QED) is 0.717. The topological polar surface area (TPSA) is 12.0 Å². The molecule has 0 atom stereocenters. The van der Waals surface area contributed by atoms with Gasteiger partial charge in [0.25, 0.3) is 0 Å². The van der Waals surface area contributed by atoms with E-state index in [1.807, 2.05) is 11.3 Å². The summed E-state index contributed by atoms with van der Waals surface area (Å²) in [6.45, 7) is 8.63. The van der Waals surface area contributed by atoms with E-state index in [0.29, 0.717) is 6.04 Å². The second-order valence-corrected chi connectivity index (χ2v) is 4.23. The molecule has 0 aromatic carbocycles. The molecule has 0 unspecified atom stereocenters. The standard InChI is InChI=1S/C9H15NS/c1-6(2)10-9-7(3)5-11-8(9)4/h5-6,10H,1-4H3. The summed E-state index contributed by atoms with van der Waals surface area (Å²) in [5.74, 6) is 0. The van der Waals surface area contributed by atoms with Gasteiger partial charge in [-0.3, -0.25) is 0 Å². The van der Waals surface area contributed by atoms with Gasteiger partial charge in [0.15, 0.2) is 0 Å². The highest BCUT2D eigenvalue weighted by Gasteiger charge is 2.04. The van der Waals surface area contributed by atoms with E-state index >= 15 is 0 Å². The van der Waals surface area contributed by atoms with E-state index in [2.05, 4.69) is 38.4 Å². The smallest absolute Gasteiger partial charge is 0.0510 e. The van der Waals surface area contributed by atoms with E-state index in [1.165, 1.54) is 16.1 Å². The molecule has 2 heteroatoms. The predicted molar refractivity (Wildman–Crippen MR) is 52.6 cm³/mol. The van der Waals surface area contributed by atoms with E-state index in [4.69, 9.17) is 0 Å². The Bertz CT molecular complexity index is 218. The molecule has 0 saturated heterocycles. The van der Waals surface area contributed by atoms with E-state index in [-0.39, 0.29) is 0 Å². The molecule has 0 bridgehead atoms. The molecule has 0 aliphatic rings. The van der Waals surface area contributed by atoms with Crippen LogP contribution in [0.4, 0.5) is 5.69 Å². The number of thiophene rings is 1. The van der Waals surface area contributed by atoms with E-state index < -0.39 is 0 Å². The molecule has 11 heavy (non-hydrogen) atoms. The Morgan fingerprint density at radius 3 is 2.36 bits per heavy atom. The normalized spacial score (nSPS) is 10.6. The third-order valence-electron chi connectivity index (χ3n) is 1.59. The maximum atomic E-state index is 3.43. The molecule has 0 radical (unpaired) electrons. The summed E-state index contributed by atoms with van der Waals surface area (Å²) in [5, 5.41) is 5.63. The number of hydrogen-bond donors (Lipinski definition) is 1. The fourth-order valence-electron chi connectivity index (χ4n) is 1.08. The van der Waals surface area contributed by atoms with Gasteiger partial charge in [-0.05, 0) is 38.6 Å². The van der Waals surface area contributed by atoms with Crippen molar-refractivity contribution in [1.82, 2.24) is 0 Å². The van der Waals surface area contributed by atoms with Crippen LogP contribution in [-0.2, 0) is 0 Å². The summed E-state index contributed by atoms with van der Waals surface area (Å²) in [7, 11) is 0. The van der Waals surface area contributed by atoms with Crippen LogP contribution in [0, 0.1) is 13.8 Å². The number of nitrogens with one attached hydrogen (secondary N) is 1. The third-order valence-corrected chi connectivity index (χ3v) is 2.62. The SMILES string of the molecule is Cc1csc(C)c1NC(C)C. The van der Waals surface area contributed by atoms with Crippen LogP contribution >= 0.6 is 11.3 Å². The number of aryl methyl sites for hydroxylation is 2. The van der Waals surface area contributed by atoms with Crippen molar-refractivity contribution in [3.63, 3.8) is 0 Å². The Morgan fingerprint density at radius 1 is 1.36 bits per heavy atom. The van der Waals surface area contributed by atoms with Gasteiger partial charge in [-0.15, -0.1) is 11.3 Å². The molecule has 1 rings (SSSR count). The van der Waals surface area contributed by atoms with Crippen molar-refractivity contribution in [2.75, 3.05) is 5.32 Å². The molecular weight excluding hydrogens is 154 g/mol. The van der Waals surface area contributed by atoms with Gasteiger partial charge in [-0.1, -0.05) is 0 Å². The largest absolute Gasteiger partial charge is 0.382 e. The van der Waals surface area contributed by atoms with E-state index in [0.717, 1.165) is 0 Å². The molecule has 1 aromatic rings. The Hall–Kier alpha value is -0.500. The molecular formula is C9H15NS. The van der Waals surface area contributed by atoms with Crippen LogP contribution in [-0.4, -0.2) is 6.04 Å². The highest BCUT2D eigenvalue weighted by Crippen LogP contribution is 2.26. The van der Waals surface area contributed by atoms with Crippen molar-refractivity contribution >= 4 is 17.0 Å². The van der Waals surface area contributed by atoms with Crippen molar-refractivity contribution in [3.05, 3.63) is 15.8 Å². The van der Waals surface area contributed by atoms with Gasteiger partial charge in [0, 0.05) is 10.9 Å². The first-order chi connectivity index (χ1) is 5.11. The molecule has 0 fully saturated rings. The van der Waals surface area contributed by atoms with Gasteiger partial charge in [0.05, 0.1) is 5.69 Å². The number of rotatable bonds is 2. The fourth-order valence-corrected chi connectivity index (χ4v) is 1.89. The molecule has 0 aliphatic carbocycles. The zero-order chi connectivity index (χ0) is 8.43. The molecule has 1 aromatic heterocycles. The van der Waals surface area contributed by atoms with Crippen LogP contribution in [0.2, 0.25) is 0 Å². The molecule has 62 valence electrons. The van der Waals surface area contributed by atoms with Crippen molar-refractivity contribution < 1.29 is 0 Å². The van der Waals surface area contributed by atoms with Crippen LogP contribution in [0.1, 0.15) is 24.3 Å². The van der Waals surface area contributed by atoms with E-state index in [9.17, 15) is 0 Å². The monoisotopic (exact) mass is 169 g/mol. The molecule has 1 nitrogen and oxygen atoms in total. The van der Waals surface area contributed by atoms with Crippen LogP contribution < -0.4 is 5.32 Å². The lowest BCUT2D eigenvalue weighted by atomic mass is 10.2. The molecule has 0 amide bonds. The number of hydrogen-bond acceptors (Lipinski definition) is 2. The molecule has 1 heterocycles. The van der Waals surface area contributed by atoms with Crippen LogP contribution in [0.3, 0.4) is 0 Å². The van der Waals surface area contributed by atoms with Gasteiger partial charge in [0.1, 0.15) is 0 Å². The van der Waals surface area contributed by atoms with Crippen molar-refractivity contribution in [2.45, 2.75) is 33.7 Å². The Balaban J connectivity index is 2.83. The van der Waals surface area contributed by atoms with Gasteiger partial charge in [-0.25, -0.2) is 0 Å². The Labute approximate surface area is 72.4 Å². The molecule has 1 N–H and O–H groups in total. The first kappa shape index (κ1) is 8.60. The Kier molecular flexibility index (Phi) is 2.55. The predicted octanol–water partition coefficient (Wildman–Crippen LogP) is 3.19. The van der Waals surface area contributed by atoms with E-state index in [1.54, 1.807) is 0 Å². The second-order valence-electron chi connectivity index (χ2n) is 3.15. The van der Waals surface area contributed by atoms with Crippen molar-refractivity contribution in [1.29, 1.82) is 0 Å². The highest BCUT2D eigenvalue weighted by atomic mass is 32.1. The minimum absolute atomic E-state index is 0.530. The number of anilines is 1. The fraction of sp³-hybridized carbons (Fsp3) is 0.556. The first-order valence-electron chi connectivity index (χ1n) is 3.92. The lowest BCUT2D eigenvalue weighted by Gasteiger charge is -2.10. The molecule has 0 aliphatic heterocycles. The van der Waals surface area contributed by atoms with Gasteiger partial charge in [0.2, 0.25) is 0 Å². The van der Waals surface area contributed by atoms with Crippen LogP contribution in [0.5, 0.6) is 0 Å². The van der Waals surface area contributed by atoms with Crippen molar-refractivity contribution in [2.24, 2.45) is 0 Å². The lowest BCUT2D eigenvalue weighted by molar-refractivity contribution is 0.897. The third kappa shape index (κ3) is 1.96. The first-order valence-corrected chi connectivity index (χ1v) is 4.80. The molecule has 0 spiro atoms. The van der Waals surface area contributed by atoms with Gasteiger partial charge >= 0.3 is 0 Å². The van der Waals surface area contributed by atoms with Crippen LogP contribution in [0.15, 0.2) is 5.38 Å². The van der Waals surface area contributed by atoms with Crippen molar-refractivity contribution in [3.8, 4) is 0 Å². The zero-order valence-electron chi connectivity index (χ0n) is 7.56. The summed E-state index contributed by atoms with van der Waals surface area (Å²) < 4.78 is 0. The minimum atomic E-state index is 0.530. The van der Waals surface area contributed by atoms with Gasteiger partial charge < -0.3 is 5.32 Å². The average molecular weight is 169 g/mol. The summed E-state index contributed by atoms with van der Waals surface area (Å²) >= 11 is 1.81. The van der Waals surface area contributed by atoms with Crippen LogP contribution in [0.25, 0.3) is 0 Å². The summed E-state index contributed by atoms with van der Waals surface area (Å²) in [6.07, 6.45) is 0. The second kappa shape index (κ2) is 3.26. The zero-order valence-corrected chi connectivity index (χ0v) is 8.38. The Morgan fingerprint density at radius 2 is 2.00 bits per heavy atom. The summed E-state index contributed by atoms with van der Waals surface area (Å²) in [5.41, 5.74) is 2.69. The lowest BCUT2D eigenvalue weighted by Crippen LogP contribution is -2.10. The molecule has 0 saturated carbocycles. The summed E-state index contributed by atoms with van der Waals surface area (Å²) in [4.78, 5) is 1.39. The highest BCUT2D eigenvalue weighted by molar-refractivity contribution is 7.10. The minimum Gasteiger partial charge on any atom is -0.382 e.